The Morgan fingerprint density at radius 1 is 0.694 bits per heavy atom. The third-order valence-electron chi connectivity index (χ3n) is 4.04. The Morgan fingerprint density at radius 3 is 1.06 bits per heavy atom. The molecule has 0 bridgehead atoms. The van der Waals surface area contributed by atoms with E-state index in [0.717, 1.165) is 11.3 Å². The lowest BCUT2D eigenvalue weighted by Gasteiger charge is -2.17. The first-order chi connectivity index (χ1) is 15.9. The third-order valence-corrected chi connectivity index (χ3v) is 4.04. The average Bonchev–Trinajstić information content (AvgIpc) is 2.73. The standard InChI is InChI=1S/C10H18O2.2C6H12O.2C4H6O/c1-7(2)8(3)12-9(11)10(4,5)6;1-5(7)6(2,3)4;1-5(2)6(3)7-4;2*1-4(2)3-5/h1-6H3;2*1-4H3;2*1-2H3. The van der Waals surface area contributed by atoms with E-state index in [9.17, 15) is 19.5 Å². The summed E-state index contributed by atoms with van der Waals surface area (Å²) in [5, 5.41) is 9.34. The quantitative estimate of drug-likeness (QED) is 0.167. The highest BCUT2D eigenvalue weighted by Crippen LogP contribution is 2.18. The fourth-order valence-corrected chi connectivity index (χ4v) is 0.598. The van der Waals surface area contributed by atoms with Crippen LogP contribution < -0.4 is 5.11 Å². The predicted octanol–water partition coefficient (Wildman–Crippen LogP) is 7.32. The molecule has 0 aromatic heterocycles. The average molecular weight is 511 g/mol. The van der Waals surface area contributed by atoms with Crippen LogP contribution in [-0.4, -0.2) is 24.8 Å². The fourth-order valence-electron chi connectivity index (χ4n) is 0.598. The monoisotopic (exact) mass is 510 g/mol. The van der Waals surface area contributed by atoms with Crippen molar-refractivity contribution >= 4 is 17.7 Å². The highest BCUT2D eigenvalue weighted by atomic mass is 16.5. The van der Waals surface area contributed by atoms with Crippen LogP contribution in [0.5, 0.6) is 0 Å². The van der Waals surface area contributed by atoms with Crippen LogP contribution in [0, 0.1) is 17.1 Å². The third kappa shape index (κ3) is 38.6. The second-order valence-electron chi connectivity index (χ2n) is 11.0. The number of Topliss-reactive ketones (excluding diaryl/α,β-unsaturated/α-hetero) is 1. The van der Waals surface area contributed by atoms with Crippen LogP contribution >= 0.6 is 0 Å². The Hall–Kier alpha value is -2.68. The van der Waals surface area contributed by atoms with E-state index >= 15 is 0 Å². The van der Waals surface area contributed by atoms with E-state index in [0.29, 0.717) is 16.9 Å². The van der Waals surface area contributed by atoms with Gasteiger partial charge in [-0.15, -0.1) is 0 Å². The largest absolute Gasteiger partial charge is 0.632 e. The molecule has 210 valence electrons. The molecule has 36 heavy (non-hydrogen) atoms. The molecule has 0 amide bonds. The number of allylic oxidation sites excluding steroid dienone is 6. The van der Waals surface area contributed by atoms with Gasteiger partial charge in [-0.1, -0.05) is 20.8 Å². The minimum Gasteiger partial charge on any atom is -0.632 e. The molecule has 0 fully saturated rings. The van der Waals surface area contributed by atoms with Crippen LogP contribution in [0.1, 0.15) is 118 Å². The van der Waals surface area contributed by atoms with Gasteiger partial charge in [-0.2, -0.15) is 0 Å². The molecule has 6 nitrogen and oxygen atoms in total. The molecule has 0 aromatic rings. The normalized spacial score (nSPS) is 9.06. The second-order valence-corrected chi connectivity index (χ2v) is 11.0. The number of ether oxygens (including phenoxy) is 2. The van der Waals surface area contributed by atoms with Crippen molar-refractivity contribution in [3.8, 4) is 0 Å². The number of methoxy groups -OCH3 is 1. The van der Waals surface area contributed by atoms with Gasteiger partial charge in [-0.05, 0) is 94.2 Å². The molecule has 6 heteroatoms. The molecule has 0 radical (unpaired) electrons. The van der Waals surface area contributed by atoms with Gasteiger partial charge in [0.1, 0.15) is 17.5 Å². The molecule has 0 N–H and O–H groups in total. The number of hydrogen-bond donors (Lipinski definition) is 0. The number of hydrogen-bond acceptors (Lipinski definition) is 6. The van der Waals surface area contributed by atoms with Crippen molar-refractivity contribution in [1.29, 1.82) is 0 Å². The van der Waals surface area contributed by atoms with Crippen LogP contribution in [0.3, 0.4) is 0 Å². The Bertz CT molecular complexity index is 759. The van der Waals surface area contributed by atoms with Crippen molar-refractivity contribution in [1.82, 2.24) is 0 Å². The summed E-state index contributed by atoms with van der Waals surface area (Å²) in [6.07, 6.45) is 1.69. The summed E-state index contributed by atoms with van der Waals surface area (Å²) in [5.41, 5.74) is 3.11. The molecule has 0 rings (SSSR count). The van der Waals surface area contributed by atoms with E-state index in [1.54, 1.807) is 60.9 Å². The molecule has 0 spiro atoms. The number of carbonyl (C=O) groups excluding carboxylic acids is 3. The zero-order chi connectivity index (χ0) is 30.4. The van der Waals surface area contributed by atoms with Gasteiger partial charge in [0, 0.05) is 24.8 Å². The van der Waals surface area contributed by atoms with Gasteiger partial charge in [0.15, 0.2) is 5.57 Å². The van der Waals surface area contributed by atoms with E-state index in [1.807, 2.05) is 76.2 Å². The summed E-state index contributed by atoms with van der Waals surface area (Å²) in [6, 6.07) is 0. The molecule has 0 aromatic carbocycles. The molecular formula is C30H54O6. The van der Waals surface area contributed by atoms with Crippen LogP contribution in [0.4, 0.5) is 0 Å². The van der Waals surface area contributed by atoms with Crippen molar-refractivity contribution in [2.45, 2.75) is 118 Å². The SMILES string of the molecule is CC(=O)C(C)(C)C.CC(C)=C(C)OC(=O)C(C)(C)C.CC(C)=C=O.CC(C)=[C+][O-].COC(C)=C(C)C. The van der Waals surface area contributed by atoms with Crippen LogP contribution in [0.2, 0.25) is 0 Å². The molecule has 0 aliphatic carbocycles. The Morgan fingerprint density at radius 2 is 0.972 bits per heavy atom. The van der Waals surface area contributed by atoms with E-state index in [4.69, 9.17) is 9.47 Å². The van der Waals surface area contributed by atoms with Gasteiger partial charge < -0.3 is 14.6 Å². The van der Waals surface area contributed by atoms with Gasteiger partial charge in [-0.25, -0.2) is 4.79 Å². The molecule has 0 heterocycles. The lowest BCUT2D eigenvalue weighted by Crippen LogP contribution is -2.22. The summed E-state index contributed by atoms with van der Waals surface area (Å²) >= 11 is 0. The maximum absolute atomic E-state index is 11.3. The number of carbonyl (C=O) groups is 2. The predicted molar refractivity (Wildman–Crippen MR) is 149 cm³/mol. The summed E-state index contributed by atoms with van der Waals surface area (Å²) in [6.45, 7) is 31.4. The van der Waals surface area contributed by atoms with Crippen molar-refractivity contribution in [2.75, 3.05) is 7.11 Å². The van der Waals surface area contributed by atoms with E-state index in [2.05, 4.69) is 0 Å². The zero-order valence-electron chi connectivity index (χ0n) is 26.4. The topological polar surface area (TPSA) is 92.7 Å². The van der Waals surface area contributed by atoms with Crippen LogP contribution in [-0.2, 0) is 23.9 Å². The minimum atomic E-state index is -0.420. The molecule has 0 unspecified atom stereocenters. The van der Waals surface area contributed by atoms with Crippen molar-refractivity contribution in [3.63, 3.8) is 0 Å². The van der Waals surface area contributed by atoms with Crippen molar-refractivity contribution in [2.24, 2.45) is 10.8 Å². The van der Waals surface area contributed by atoms with Gasteiger partial charge in [0.25, 0.3) is 6.26 Å². The first-order valence-corrected chi connectivity index (χ1v) is 11.8. The molecule has 0 atom stereocenters. The molecule has 0 saturated heterocycles. The molecule has 0 saturated carbocycles. The Kier molecular flexibility index (Phi) is 27.4. The number of ketones is 1. The minimum absolute atomic E-state index is 0.139. The first-order valence-electron chi connectivity index (χ1n) is 11.8. The van der Waals surface area contributed by atoms with Gasteiger partial charge in [0.05, 0.1) is 18.3 Å². The maximum Gasteiger partial charge on any atom is 0.316 e. The summed E-state index contributed by atoms with van der Waals surface area (Å²) in [7, 11) is 1.68. The highest BCUT2D eigenvalue weighted by molar-refractivity contribution is 5.80. The molecular weight excluding hydrogens is 456 g/mol. The highest BCUT2D eigenvalue weighted by Gasteiger charge is 2.23. The molecule has 0 aliphatic rings. The van der Waals surface area contributed by atoms with Crippen molar-refractivity contribution in [3.05, 3.63) is 40.1 Å². The number of esters is 1. The molecule has 0 aliphatic heterocycles. The smallest absolute Gasteiger partial charge is 0.316 e. The van der Waals surface area contributed by atoms with Gasteiger partial charge in [0.2, 0.25) is 0 Å². The van der Waals surface area contributed by atoms with Gasteiger partial charge in [-0.3, -0.25) is 9.59 Å². The summed E-state index contributed by atoms with van der Waals surface area (Å²) in [4.78, 5) is 31.1. The van der Waals surface area contributed by atoms with E-state index < -0.39 is 5.41 Å². The Labute approximate surface area is 222 Å². The summed E-state index contributed by atoms with van der Waals surface area (Å²) in [5.74, 6) is 3.48. The van der Waals surface area contributed by atoms with E-state index in [-0.39, 0.29) is 17.2 Å². The van der Waals surface area contributed by atoms with E-state index in [1.165, 1.54) is 5.57 Å². The zero-order valence-corrected chi connectivity index (χ0v) is 26.4. The van der Waals surface area contributed by atoms with Gasteiger partial charge >= 0.3 is 5.97 Å². The Balaban J connectivity index is -0.000000117. The lowest BCUT2D eigenvalue weighted by atomic mass is 9.92. The van der Waals surface area contributed by atoms with Crippen LogP contribution in [0.25, 0.3) is 0 Å². The maximum atomic E-state index is 11.3. The summed E-state index contributed by atoms with van der Waals surface area (Å²) < 4.78 is 10.0. The first kappa shape index (κ1) is 43.4. The van der Waals surface area contributed by atoms with Crippen LogP contribution in [0.15, 0.2) is 33.8 Å². The fraction of sp³-hybridized carbons (Fsp3) is 0.667. The second kappa shape index (κ2) is 22.8. The number of rotatable bonds is 2. The van der Waals surface area contributed by atoms with Crippen molar-refractivity contribution < 1.29 is 29.0 Å². The lowest BCUT2D eigenvalue weighted by molar-refractivity contribution is -0.296.